The summed E-state index contributed by atoms with van der Waals surface area (Å²) in [4.78, 5) is 0. The van der Waals surface area contributed by atoms with Gasteiger partial charge in [-0.1, -0.05) is 72.6 Å². The van der Waals surface area contributed by atoms with Crippen molar-refractivity contribution in [1.82, 2.24) is 5.32 Å². The van der Waals surface area contributed by atoms with E-state index in [1.165, 1.54) is 90.1 Å². The van der Waals surface area contributed by atoms with Gasteiger partial charge >= 0.3 is 0 Å². The van der Waals surface area contributed by atoms with Crippen LogP contribution in [0.4, 0.5) is 0 Å². The molecule has 0 aromatic rings. The number of nitrogens with one attached hydrogen (secondary N) is 1. The molecule has 0 bridgehead atoms. The van der Waals surface area contributed by atoms with E-state index in [0.717, 1.165) is 50.1 Å². The molecule has 0 spiro atoms. The van der Waals surface area contributed by atoms with Crippen molar-refractivity contribution in [2.45, 2.75) is 131 Å². The molecule has 34 heavy (non-hydrogen) atoms. The van der Waals surface area contributed by atoms with Crippen LogP contribution in [0.2, 0.25) is 0 Å². The van der Waals surface area contributed by atoms with Crippen molar-refractivity contribution in [2.24, 2.45) is 23.7 Å². The smallest absolute Gasteiger partial charge is 0.0568 e. The van der Waals surface area contributed by atoms with Crippen LogP contribution in [0.3, 0.4) is 0 Å². The minimum absolute atomic E-state index is 0.546. The van der Waals surface area contributed by atoms with Crippen LogP contribution in [0.5, 0.6) is 0 Å². The molecule has 6 aliphatic rings. The van der Waals surface area contributed by atoms with Crippen molar-refractivity contribution in [2.75, 3.05) is 39.5 Å². The van der Waals surface area contributed by atoms with Gasteiger partial charge in [-0.05, 0) is 82.7 Å². The van der Waals surface area contributed by atoms with E-state index >= 15 is 0 Å². The van der Waals surface area contributed by atoms with Gasteiger partial charge in [0.1, 0.15) is 0 Å². The maximum Gasteiger partial charge on any atom is 0.0568 e. The fourth-order valence-electron chi connectivity index (χ4n) is 4.29. The van der Waals surface area contributed by atoms with Gasteiger partial charge in [-0.15, -0.1) is 0 Å². The van der Waals surface area contributed by atoms with E-state index in [2.05, 4.69) is 46.9 Å². The lowest BCUT2D eigenvalue weighted by molar-refractivity contribution is -0.0375. The van der Waals surface area contributed by atoms with E-state index in [-0.39, 0.29) is 0 Å². The maximum absolute atomic E-state index is 5.15. The fourth-order valence-corrected chi connectivity index (χ4v) is 4.29. The lowest BCUT2D eigenvalue weighted by Gasteiger charge is -2.20. The first-order valence-corrected chi connectivity index (χ1v) is 14.9. The quantitative estimate of drug-likeness (QED) is 0.384. The van der Waals surface area contributed by atoms with E-state index in [1.54, 1.807) is 0 Å². The Morgan fingerprint density at radius 1 is 0.500 bits per heavy atom. The van der Waals surface area contributed by atoms with Gasteiger partial charge in [0.15, 0.2) is 0 Å². The minimum Gasteiger partial charge on any atom is -0.381 e. The average molecular weight is 484 g/mol. The fraction of sp³-hybridized carbons (Fsp3) is 1.00. The van der Waals surface area contributed by atoms with Crippen molar-refractivity contribution >= 4 is 0 Å². The molecule has 0 unspecified atom stereocenters. The summed E-state index contributed by atoms with van der Waals surface area (Å²) in [5.74, 6) is 3.87. The standard InChI is InChI=1S/C6H12.C5H11N.2C5H10O.C5H10.C4H8O/c1-6-4-2-3-5-6;2*1-5-2-3-6-4-5;1-5-3-2-4-6-5;1-5-3-2-4-5;1-4-2-3-5-4/h6H,2-5H2,1H3;5-6H,2-4H2,1H3;2*5H,2-4H2,1H3;5H,2-4H2,1H3;4H,2-3H2,1H3/t;3*5-;;4-/m.000.0/s1. The molecule has 4 saturated heterocycles. The number of ether oxygens (including phenoxy) is 3. The van der Waals surface area contributed by atoms with Gasteiger partial charge in [-0.3, -0.25) is 0 Å². The second-order valence-corrected chi connectivity index (χ2v) is 11.8. The first-order chi connectivity index (χ1) is 16.4. The molecular weight excluding hydrogens is 422 g/mol. The Bertz CT molecular complexity index is 347. The zero-order valence-corrected chi connectivity index (χ0v) is 23.9. The summed E-state index contributed by atoms with van der Waals surface area (Å²) in [6, 6.07) is 0. The third-order valence-corrected chi connectivity index (χ3v) is 7.59. The molecule has 6 fully saturated rings. The van der Waals surface area contributed by atoms with Crippen LogP contribution in [-0.4, -0.2) is 51.7 Å². The Kier molecular flexibility index (Phi) is 19.7. The zero-order chi connectivity index (χ0) is 25.0. The van der Waals surface area contributed by atoms with Crippen LogP contribution in [-0.2, 0) is 14.2 Å². The Balaban J connectivity index is 0.000000204. The Morgan fingerprint density at radius 3 is 1.21 bits per heavy atom. The average Bonchev–Trinajstić information content (AvgIpc) is 3.59. The highest BCUT2D eigenvalue weighted by molar-refractivity contribution is 4.65. The van der Waals surface area contributed by atoms with Gasteiger partial charge in [-0.2, -0.15) is 0 Å². The molecule has 0 aromatic carbocycles. The van der Waals surface area contributed by atoms with E-state index < -0.39 is 0 Å². The predicted molar refractivity (Wildman–Crippen MR) is 147 cm³/mol. The first-order valence-electron chi connectivity index (χ1n) is 14.9. The summed E-state index contributed by atoms with van der Waals surface area (Å²) < 4.78 is 15.1. The first kappa shape index (κ1) is 31.9. The minimum atomic E-state index is 0.546. The van der Waals surface area contributed by atoms with Crippen molar-refractivity contribution in [3.05, 3.63) is 0 Å². The predicted octanol–water partition coefficient (Wildman–Crippen LogP) is 7.64. The van der Waals surface area contributed by atoms with E-state index in [1.807, 2.05) is 0 Å². The van der Waals surface area contributed by atoms with Crippen LogP contribution >= 0.6 is 0 Å². The van der Waals surface area contributed by atoms with Crippen molar-refractivity contribution < 1.29 is 14.2 Å². The number of rotatable bonds is 0. The summed E-state index contributed by atoms with van der Waals surface area (Å²) >= 11 is 0. The van der Waals surface area contributed by atoms with Crippen molar-refractivity contribution in [3.8, 4) is 0 Å². The van der Waals surface area contributed by atoms with Gasteiger partial charge in [0.2, 0.25) is 0 Å². The molecule has 2 aliphatic carbocycles. The molecule has 0 radical (unpaired) electrons. The van der Waals surface area contributed by atoms with Crippen LogP contribution in [0, 0.1) is 23.7 Å². The van der Waals surface area contributed by atoms with Gasteiger partial charge in [-0.25, -0.2) is 0 Å². The van der Waals surface area contributed by atoms with Gasteiger partial charge in [0.05, 0.1) is 12.2 Å². The molecule has 4 aliphatic heterocycles. The molecule has 0 aromatic heterocycles. The second-order valence-electron chi connectivity index (χ2n) is 11.8. The summed E-state index contributed by atoms with van der Waals surface area (Å²) in [5.41, 5.74) is 0. The maximum atomic E-state index is 5.15. The molecule has 4 heterocycles. The SMILES string of the molecule is CC1CCC1.CC1CCCC1.C[C@H]1CCCO1.C[C@H]1CCNC1.C[C@H]1CCO1.C[C@H]1CCOC1. The molecule has 1 N–H and O–H groups in total. The molecular formula is C30H61NO3. The molecule has 0 amide bonds. The normalized spacial score (nSPS) is 31.9. The summed E-state index contributed by atoms with van der Waals surface area (Å²) in [6.45, 7) is 19.8. The zero-order valence-electron chi connectivity index (χ0n) is 23.9. The Labute approximate surface area is 213 Å². The molecule has 6 rings (SSSR count). The van der Waals surface area contributed by atoms with Crippen LogP contribution in [0.1, 0.15) is 119 Å². The van der Waals surface area contributed by atoms with Gasteiger partial charge < -0.3 is 19.5 Å². The van der Waals surface area contributed by atoms with Crippen molar-refractivity contribution in [3.63, 3.8) is 0 Å². The largest absolute Gasteiger partial charge is 0.381 e. The van der Waals surface area contributed by atoms with E-state index in [0.29, 0.717) is 12.2 Å². The third kappa shape index (κ3) is 19.1. The van der Waals surface area contributed by atoms with E-state index in [9.17, 15) is 0 Å². The highest BCUT2D eigenvalue weighted by Crippen LogP contribution is 2.24. The Hall–Kier alpha value is -0.160. The third-order valence-electron chi connectivity index (χ3n) is 7.59. The summed E-state index contributed by atoms with van der Waals surface area (Å²) in [6.07, 6.45) is 17.9. The molecule has 4 nitrogen and oxygen atoms in total. The second kappa shape index (κ2) is 21.0. The molecule has 4 atom stereocenters. The topological polar surface area (TPSA) is 39.7 Å². The lowest BCUT2D eigenvalue weighted by Crippen LogP contribution is -2.22. The monoisotopic (exact) mass is 483 g/mol. The van der Waals surface area contributed by atoms with Crippen LogP contribution in [0.15, 0.2) is 0 Å². The van der Waals surface area contributed by atoms with Crippen molar-refractivity contribution in [1.29, 1.82) is 0 Å². The van der Waals surface area contributed by atoms with Crippen LogP contribution < -0.4 is 5.32 Å². The molecule has 4 heteroatoms. The number of hydrogen-bond donors (Lipinski definition) is 1. The Morgan fingerprint density at radius 2 is 1.09 bits per heavy atom. The number of hydrogen-bond acceptors (Lipinski definition) is 4. The highest BCUT2D eigenvalue weighted by Gasteiger charge is 2.10. The van der Waals surface area contributed by atoms with E-state index in [4.69, 9.17) is 14.2 Å². The lowest BCUT2D eigenvalue weighted by atomic mass is 9.88. The summed E-state index contributed by atoms with van der Waals surface area (Å²) in [7, 11) is 0. The van der Waals surface area contributed by atoms with Gasteiger partial charge in [0.25, 0.3) is 0 Å². The van der Waals surface area contributed by atoms with Crippen LogP contribution in [0.25, 0.3) is 0 Å². The molecule has 204 valence electrons. The highest BCUT2D eigenvalue weighted by atomic mass is 16.5. The summed E-state index contributed by atoms with van der Waals surface area (Å²) in [5, 5.41) is 3.27. The van der Waals surface area contributed by atoms with Gasteiger partial charge in [0, 0.05) is 26.4 Å². The molecule has 2 saturated carbocycles.